The van der Waals surface area contributed by atoms with E-state index < -0.39 is 0 Å². The summed E-state index contributed by atoms with van der Waals surface area (Å²) in [5, 5.41) is 0. The largest absolute Gasteiger partial charge is 0.381 e. The Balaban J connectivity index is 1.75. The minimum atomic E-state index is 0.883. The van der Waals surface area contributed by atoms with Gasteiger partial charge in [0.15, 0.2) is 0 Å². The zero-order valence-corrected chi connectivity index (χ0v) is 11.9. The van der Waals surface area contributed by atoms with Crippen molar-refractivity contribution >= 4 is 0 Å². The number of rotatable bonds is 10. The second-order valence-corrected chi connectivity index (χ2v) is 5.70. The molecule has 1 aliphatic heterocycles. The Morgan fingerprint density at radius 3 is 2.12 bits per heavy atom. The molecule has 0 spiro atoms. The average Bonchev–Trinajstić information content (AvgIpc) is 2.38. The average molecular weight is 240 g/mol. The minimum Gasteiger partial charge on any atom is -0.381 e. The molecule has 1 fully saturated rings. The highest BCUT2D eigenvalue weighted by Gasteiger charge is 2.12. The Kier molecular flexibility index (Phi) is 9.78. The van der Waals surface area contributed by atoms with Gasteiger partial charge in [0.1, 0.15) is 0 Å². The van der Waals surface area contributed by atoms with Crippen LogP contribution in [0.2, 0.25) is 0 Å². The standard InChI is InChI=1S/C16H32O/c1-2-3-4-5-6-7-8-9-10-12-16-13-11-14-17-15-16/h16H,2-15H2,1H3. The summed E-state index contributed by atoms with van der Waals surface area (Å²) < 4.78 is 5.52. The highest BCUT2D eigenvalue weighted by molar-refractivity contribution is 4.63. The highest BCUT2D eigenvalue weighted by Crippen LogP contribution is 2.20. The zero-order chi connectivity index (χ0) is 12.2. The first-order valence-electron chi connectivity index (χ1n) is 8.01. The van der Waals surface area contributed by atoms with Crippen LogP contribution in [0, 0.1) is 5.92 Å². The highest BCUT2D eigenvalue weighted by atomic mass is 16.5. The summed E-state index contributed by atoms with van der Waals surface area (Å²) in [5.41, 5.74) is 0. The van der Waals surface area contributed by atoms with Gasteiger partial charge < -0.3 is 4.74 Å². The molecule has 1 aliphatic rings. The fourth-order valence-electron chi connectivity index (χ4n) is 2.78. The molecule has 1 heterocycles. The fourth-order valence-corrected chi connectivity index (χ4v) is 2.78. The first-order valence-corrected chi connectivity index (χ1v) is 8.01. The number of unbranched alkanes of at least 4 members (excludes halogenated alkanes) is 8. The van der Waals surface area contributed by atoms with Gasteiger partial charge in [-0.1, -0.05) is 64.7 Å². The maximum atomic E-state index is 5.52. The maximum Gasteiger partial charge on any atom is 0.0494 e. The van der Waals surface area contributed by atoms with E-state index in [4.69, 9.17) is 4.74 Å². The summed E-state index contributed by atoms with van der Waals surface area (Å²) in [5.74, 6) is 0.883. The van der Waals surface area contributed by atoms with Gasteiger partial charge in [0.2, 0.25) is 0 Å². The summed E-state index contributed by atoms with van der Waals surface area (Å²) >= 11 is 0. The van der Waals surface area contributed by atoms with E-state index in [1.807, 2.05) is 0 Å². The normalized spacial score (nSPS) is 20.6. The van der Waals surface area contributed by atoms with Crippen molar-refractivity contribution in [1.82, 2.24) is 0 Å². The molecular formula is C16H32O. The van der Waals surface area contributed by atoms with Gasteiger partial charge >= 0.3 is 0 Å². The lowest BCUT2D eigenvalue weighted by Gasteiger charge is -2.21. The summed E-state index contributed by atoms with van der Waals surface area (Å²) in [6, 6.07) is 0. The van der Waals surface area contributed by atoms with E-state index in [1.165, 1.54) is 77.0 Å². The summed E-state index contributed by atoms with van der Waals surface area (Å²) in [4.78, 5) is 0. The van der Waals surface area contributed by atoms with Gasteiger partial charge in [-0.2, -0.15) is 0 Å². The third-order valence-electron chi connectivity index (χ3n) is 3.97. The molecule has 1 unspecified atom stereocenters. The quantitative estimate of drug-likeness (QED) is 0.469. The van der Waals surface area contributed by atoms with Crippen molar-refractivity contribution < 1.29 is 4.74 Å². The predicted molar refractivity (Wildman–Crippen MR) is 75.4 cm³/mol. The van der Waals surface area contributed by atoms with Crippen LogP contribution in [0.5, 0.6) is 0 Å². The van der Waals surface area contributed by atoms with E-state index in [0.717, 1.165) is 19.1 Å². The lowest BCUT2D eigenvalue weighted by atomic mass is 9.95. The van der Waals surface area contributed by atoms with E-state index in [0.29, 0.717) is 0 Å². The SMILES string of the molecule is CCCCCCCCCCCC1CCCOC1. The van der Waals surface area contributed by atoms with E-state index in [-0.39, 0.29) is 0 Å². The fraction of sp³-hybridized carbons (Fsp3) is 1.00. The molecule has 1 nitrogen and oxygen atoms in total. The van der Waals surface area contributed by atoms with Gasteiger partial charge in [-0.25, -0.2) is 0 Å². The molecule has 0 aromatic carbocycles. The van der Waals surface area contributed by atoms with Crippen LogP contribution in [0.1, 0.15) is 84.0 Å². The molecule has 102 valence electrons. The molecule has 0 radical (unpaired) electrons. The van der Waals surface area contributed by atoms with Gasteiger partial charge in [0, 0.05) is 13.2 Å². The summed E-state index contributed by atoms with van der Waals surface area (Å²) in [6.07, 6.45) is 17.1. The van der Waals surface area contributed by atoms with Crippen LogP contribution in [-0.2, 0) is 4.74 Å². The van der Waals surface area contributed by atoms with Crippen LogP contribution in [0.4, 0.5) is 0 Å². The van der Waals surface area contributed by atoms with Crippen LogP contribution in [0.15, 0.2) is 0 Å². The van der Waals surface area contributed by atoms with E-state index >= 15 is 0 Å². The second kappa shape index (κ2) is 11.1. The lowest BCUT2D eigenvalue weighted by Crippen LogP contribution is -2.16. The monoisotopic (exact) mass is 240 g/mol. The van der Waals surface area contributed by atoms with Crippen molar-refractivity contribution in [2.45, 2.75) is 84.0 Å². The first-order chi connectivity index (χ1) is 8.43. The van der Waals surface area contributed by atoms with E-state index in [2.05, 4.69) is 6.92 Å². The van der Waals surface area contributed by atoms with Gasteiger partial charge in [-0.3, -0.25) is 0 Å². The van der Waals surface area contributed by atoms with Crippen molar-refractivity contribution in [2.24, 2.45) is 5.92 Å². The molecule has 1 atom stereocenters. The summed E-state index contributed by atoms with van der Waals surface area (Å²) in [6.45, 7) is 4.33. The molecule has 0 aromatic rings. The van der Waals surface area contributed by atoms with Crippen molar-refractivity contribution in [2.75, 3.05) is 13.2 Å². The predicted octanol–water partition coefficient (Wildman–Crippen LogP) is 5.33. The Bertz CT molecular complexity index is 150. The van der Waals surface area contributed by atoms with Crippen LogP contribution in [0.3, 0.4) is 0 Å². The smallest absolute Gasteiger partial charge is 0.0494 e. The molecule has 17 heavy (non-hydrogen) atoms. The topological polar surface area (TPSA) is 9.23 Å². The third kappa shape index (κ3) is 8.65. The van der Waals surface area contributed by atoms with Crippen LogP contribution >= 0.6 is 0 Å². The second-order valence-electron chi connectivity index (χ2n) is 5.70. The molecule has 0 N–H and O–H groups in total. The van der Waals surface area contributed by atoms with Gasteiger partial charge in [-0.15, -0.1) is 0 Å². The Morgan fingerprint density at radius 2 is 1.53 bits per heavy atom. The number of hydrogen-bond donors (Lipinski definition) is 0. The number of hydrogen-bond acceptors (Lipinski definition) is 1. The van der Waals surface area contributed by atoms with Crippen molar-refractivity contribution in [1.29, 1.82) is 0 Å². The third-order valence-corrected chi connectivity index (χ3v) is 3.97. The first kappa shape index (κ1) is 15.0. The minimum absolute atomic E-state index is 0.883. The lowest BCUT2D eigenvalue weighted by molar-refractivity contribution is 0.0507. The van der Waals surface area contributed by atoms with Gasteiger partial charge in [-0.05, 0) is 25.2 Å². The van der Waals surface area contributed by atoms with Gasteiger partial charge in [0.05, 0.1) is 0 Å². The van der Waals surface area contributed by atoms with Crippen molar-refractivity contribution in [3.8, 4) is 0 Å². The van der Waals surface area contributed by atoms with Crippen LogP contribution in [0.25, 0.3) is 0 Å². The van der Waals surface area contributed by atoms with Crippen molar-refractivity contribution in [3.05, 3.63) is 0 Å². The Morgan fingerprint density at radius 1 is 0.882 bits per heavy atom. The van der Waals surface area contributed by atoms with Gasteiger partial charge in [0.25, 0.3) is 0 Å². The van der Waals surface area contributed by atoms with Crippen LogP contribution < -0.4 is 0 Å². The molecule has 0 saturated carbocycles. The molecule has 0 bridgehead atoms. The Hall–Kier alpha value is -0.0400. The summed E-state index contributed by atoms with van der Waals surface area (Å²) in [7, 11) is 0. The Labute approximate surface area is 108 Å². The molecule has 0 aromatic heterocycles. The molecule has 1 rings (SSSR count). The molecule has 0 amide bonds. The molecule has 1 heteroatoms. The zero-order valence-electron chi connectivity index (χ0n) is 11.9. The maximum absolute atomic E-state index is 5.52. The molecule has 0 aliphatic carbocycles. The molecule has 1 saturated heterocycles. The van der Waals surface area contributed by atoms with Crippen LogP contribution in [-0.4, -0.2) is 13.2 Å². The van der Waals surface area contributed by atoms with Crippen molar-refractivity contribution in [3.63, 3.8) is 0 Å². The molecular weight excluding hydrogens is 208 g/mol. The van der Waals surface area contributed by atoms with E-state index in [1.54, 1.807) is 0 Å². The number of ether oxygens (including phenoxy) is 1. The van der Waals surface area contributed by atoms with E-state index in [9.17, 15) is 0 Å².